The van der Waals surface area contributed by atoms with Crippen molar-refractivity contribution in [1.82, 2.24) is 25.1 Å². The van der Waals surface area contributed by atoms with E-state index in [0.29, 0.717) is 28.2 Å². The van der Waals surface area contributed by atoms with Crippen LogP contribution < -0.4 is 14.4 Å². The van der Waals surface area contributed by atoms with Gasteiger partial charge >= 0.3 is 0 Å². The number of ether oxygens (including phenoxy) is 2. The Labute approximate surface area is 184 Å². The van der Waals surface area contributed by atoms with Crippen molar-refractivity contribution in [2.45, 2.75) is 18.9 Å². The number of nitrogens with one attached hydrogen (secondary N) is 1. The molecule has 4 aromatic rings. The van der Waals surface area contributed by atoms with E-state index in [2.05, 4.69) is 20.1 Å². The van der Waals surface area contributed by atoms with Crippen molar-refractivity contribution in [3.05, 3.63) is 53.4 Å². The summed E-state index contributed by atoms with van der Waals surface area (Å²) < 4.78 is 11.1. The third kappa shape index (κ3) is 3.53. The number of aromatic nitrogens is 5. The number of H-pyrrole nitrogens is 1. The lowest BCUT2D eigenvalue weighted by Gasteiger charge is -2.23. The number of nitrogens with zero attached hydrogens (tertiary/aromatic N) is 5. The van der Waals surface area contributed by atoms with Crippen LogP contribution in [0.5, 0.6) is 11.5 Å². The molecule has 0 saturated carbocycles. The van der Waals surface area contributed by atoms with Crippen LogP contribution >= 0.6 is 11.6 Å². The van der Waals surface area contributed by atoms with Crippen LogP contribution in [0.4, 0.5) is 5.95 Å². The maximum absolute atomic E-state index is 6.13. The highest BCUT2D eigenvalue weighted by molar-refractivity contribution is 6.31. The Balaban J connectivity index is 1.53. The number of benzene rings is 2. The number of imidazole rings is 1. The molecule has 1 N–H and O–H groups in total. The molecule has 1 saturated heterocycles. The normalized spacial score (nSPS) is 16.1. The number of fused-ring (bicyclic) bond motifs is 1. The average molecular weight is 437 g/mol. The van der Waals surface area contributed by atoms with Crippen LogP contribution in [-0.4, -0.2) is 45.9 Å². The van der Waals surface area contributed by atoms with Crippen LogP contribution in [0, 0.1) is 0 Å². The van der Waals surface area contributed by atoms with Crippen molar-refractivity contribution in [1.29, 1.82) is 0 Å². The molecule has 1 aliphatic rings. The summed E-state index contributed by atoms with van der Waals surface area (Å²) in [7, 11) is 3.25. The fourth-order valence-corrected chi connectivity index (χ4v) is 4.26. The number of rotatable bonds is 5. The smallest absolute Gasteiger partial charge is 0.246 e. The van der Waals surface area contributed by atoms with E-state index in [9.17, 15) is 0 Å². The molecule has 5 rings (SSSR count). The topological polar surface area (TPSA) is 89.0 Å². The first-order valence-electron chi connectivity index (χ1n) is 10.0. The van der Waals surface area contributed by atoms with Crippen LogP contribution in [0.2, 0.25) is 5.02 Å². The van der Waals surface area contributed by atoms with Crippen molar-refractivity contribution < 1.29 is 9.47 Å². The highest BCUT2D eigenvalue weighted by Crippen LogP contribution is 2.39. The molecule has 0 amide bonds. The number of anilines is 1. The van der Waals surface area contributed by atoms with Gasteiger partial charge in [0.2, 0.25) is 5.95 Å². The highest BCUT2D eigenvalue weighted by atomic mass is 35.5. The second-order valence-corrected chi connectivity index (χ2v) is 7.75. The lowest BCUT2D eigenvalue weighted by Crippen LogP contribution is -2.26. The van der Waals surface area contributed by atoms with Gasteiger partial charge in [0.05, 0.1) is 43.1 Å². The number of methoxy groups -OCH3 is 2. The molecule has 31 heavy (non-hydrogen) atoms. The quantitative estimate of drug-likeness (QED) is 0.495. The van der Waals surface area contributed by atoms with Crippen LogP contribution in [0.25, 0.3) is 22.3 Å². The number of hydrogen-bond acceptors (Lipinski definition) is 7. The van der Waals surface area contributed by atoms with Crippen LogP contribution in [0.15, 0.2) is 42.6 Å². The standard InChI is InChI=1S/C22H21ClN6O2/c1-30-18-6-3-7-19(31-2)20(18)16-12-24-28-22(27-16)29-10-4-5-17(29)21-25-14-9-8-13(23)11-15(14)26-21/h3,6-9,11-12,17H,4-5,10H2,1-2H3,(H,25,26)/t17-/m1/s1. The molecule has 8 nitrogen and oxygen atoms in total. The fourth-order valence-electron chi connectivity index (χ4n) is 4.09. The second kappa shape index (κ2) is 8.03. The van der Waals surface area contributed by atoms with Gasteiger partial charge in [-0.05, 0) is 43.2 Å². The van der Waals surface area contributed by atoms with Gasteiger partial charge in [0, 0.05) is 11.6 Å². The lowest BCUT2D eigenvalue weighted by atomic mass is 10.1. The molecule has 2 aromatic heterocycles. The minimum Gasteiger partial charge on any atom is -0.496 e. The molecular formula is C22H21ClN6O2. The molecule has 1 aliphatic heterocycles. The molecule has 2 aromatic carbocycles. The van der Waals surface area contributed by atoms with Gasteiger partial charge in [-0.3, -0.25) is 0 Å². The lowest BCUT2D eigenvalue weighted by molar-refractivity contribution is 0.397. The maximum Gasteiger partial charge on any atom is 0.246 e. The van der Waals surface area contributed by atoms with E-state index >= 15 is 0 Å². The number of halogens is 1. The first-order valence-corrected chi connectivity index (χ1v) is 10.4. The molecule has 9 heteroatoms. The van der Waals surface area contributed by atoms with Gasteiger partial charge in [0.25, 0.3) is 0 Å². The zero-order valence-corrected chi connectivity index (χ0v) is 17.9. The van der Waals surface area contributed by atoms with Crippen LogP contribution in [0.1, 0.15) is 24.7 Å². The van der Waals surface area contributed by atoms with Crippen molar-refractivity contribution in [2.24, 2.45) is 0 Å². The summed E-state index contributed by atoms with van der Waals surface area (Å²) in [4.78, 5) is 15.1. The second-order valence-electron chi connectivity index (χ2n) is 7.31. The van der Waals surface area contributed by atoms with E-state index in [4.69, 9.17) is 31.0 Å². The molecule has 1 atom stereocenters. The van der Waals surface area contributed by atoms with E-state index < -0.39 is 0 Å². The van der Waals surface area contributed by atoms with E-state index in [0.717, 1.165) is 41.8 Å². The molecule has 0 spiro atoms. The number of aromatic amines is 1. The molecule has 158 valence electrons. The van der Waals surface area contributed by atoms with E-state index in [-0.39, 0.29) is 6.04 Å². The molecular weight excluding hydrogens is 416 g/mol. The minimum absolute atomic E-state index is 0.0304. The van der Waals surface area contributed by atoms with Gasteiger partial charge in [-0.25, -0.2) is 9.97 Å². The molecule has 0 unspecified atom stereocenters. The molecule has 0 radical (unpaired) electrons. The summed E-state index contributed by atoms with van der Waals surface area (Å²) >= 11 is 6.13. The van der Waals surface area contributed by atoms with Crippen molar-refractivity contribution in [2.75, 3.05) is 25.7 Å². The fraction of sp³-hybridized carbons (Fsp3) is 0.273. The predicted octanol–water partition coefficient (Wildman–Crippen LogP) is 4.43. The first-order chi connectivity index (χ1) is 15.2. The summed E-state index contributed by atoms with van der Waals surface area (Å²) in [5.41, 5.74) is 3.19. The minimum atomic E-state index is 0.0304. The summed E-state index contributed by atoms with van der Waals surface area (Å²) in [5, 5.41) is 9.23. The van der Waals surface area contributed by atoms with Crippen molar-refractivity contribution >= 4 is 28.6 Å². The maximum atomic E-state index is 6.13. The predicted molar refractivity (Wildman–Crippen MR) is 119 cm³/mol. The monoisotopic (exact) mass is 436 g/mol. The van der Waals surface area contributed by atoms with Gasteiger partial charge in [-0.1, -0.05) is 17.7 Å². The third-order valence-electron chi connectivity index (χ3n) is 5.52. The average Bonchev–Trinajstić information content (AvgIpc) is 3.45. The van der Waals surface area contributed by atoms with Gasteiger partial charge in [0.1, 0.15) is 23.0 Å². The Morgan fingerprint density at radius 1 is 1.10 bits per heavy atom. The van der Waals surface area contributed by atoms with Gasteiger partial charge in [-0.2, -0.15) is 5.10 Å². The Morgan fingerprint density at radius 2 is 1.90 bits per heavy atom. The third-order valence-corrected chi connectivity index (χ3v) is 5.75. The molecule has 0 bridgehead atoms. The molecule has 0 aliphatic carbocycles. The summed E-state index contributed by atoms with van der Waals surface area (Å²) in [5.74, 6) is 2.75. The van der Waals surface area contributed by atoms with E-state index in [1.54, 1.807) is 20.4 Å². The van der Waals surface area contributed by atoms with Gasteiger partial charge in [0.15, 0.2) is 0 Å². The zero-order valence-electron chi connectivity index (χ0n) is 17.2. The highest BCUT2D eigenvalue weighted by Gasteiger charge is 2.31. The van der Waals surface area contributed by atoms with Crippen molar-refractivity contribution in [3.63, 3.8) is 0 Å². The SMILES string of the molecule is COc1cccc(OC)c1-c1cnnc(N2CCC[C@@H]2c2nc3ccc(Cl)cc3[nH]2)n1. The first kappa shape index (κ1) is 19.6. The Hall–Kier alpha value is -3.39. The summed E-state index contributed by atoms with van der Waals surface area (Å²) in [6.07, 6.45) is 3.57. The van der Waals surface area contributed by atoms with Crippen molar-refractivity contribution in [3.8, 4) is 22.8 Å². The zero-order chi connectivity index (χ0) is 21.4. The molecule has 3 heterocycles. The van der Waals surface area contributed by atoms with Crippen LogP contribution in [0.3, 0.4) is 0 Å². The van der Waals surface area contributed by atoms with E-state index in [1.165, 1.54) is 0 Å². The molecule has 1 fully saturated rings. The van der Waals surface area contributed by atoms with E-state index in [1.807, 2.05) is 36.4 Å². The Bertz CT molecular complexity index is 1220. The van der Waals surface area contributed by atoms with Crippen LogP contribution in [-0.2, 0) is 0 Å². The van der Waals surface area contributed by atoms with Gasteiger partial charge in [-0.15, -0.1) is 5.10 Å². The number of hydrogen-bond donors (Lipinski definition) is 1. The largest absolute Gasteiger partial charge is 0.496 e. The summed E-state index contributed by atoms with van der Waals surface area (Å²) in [6, 6.07) is 11.3. The Kier molecular flexibility index (Phi) is 5.07. The Morgan fingerprint density at radius 3 is 2.68 bits per heavy atom. The van der Waals surface area contributed by atoms with Gasteiger partial charge < -0.3 is 19.4 Å². The summed E-state index contributed by atoms with van der Waals surface area (Å²) in [6.45, 7) is 0.816.